The standard InChI is InChI=1S/C19H18O3/c1-3-17(14(2)20)22-19(21)18(15-10-6-4-7-11-15)16-12-8-5-9-13-16/h3-13,18H,1-2H3/b17-3+. The highest BCUT2D eigenvalue weighted by Gasteiger charge is 2.25. The van der Waals surface area contributed by atoms with E-state index < -0.39 is 11.9 Å². The zero-order valence-corrected chi connectivity index (χ0v) is 12.7. The van der Waals surface area contributed by atoms with Gasteiger partial charge in [-0.2, -0.15) is 0 Å². The Hall–Kier alpha value is -2.68. The Balaban J connectivity index is 2.37. The van der Waals surface area contributed by atoms with Gasteiger partial charge in [0.2, 0.25) is 0 Å². The third-order valence-electron chi connectivity index (χ3n) is 3.32. The van der Waals surface area contributed by atoms with E-state index in [-0.39, 0.29) is 11.5 Å². The van der Waals surface area contributed by atoms with Crippen molar-refractivity contribution in [3.8, 4) is 0 Å². The quantitative estimate of drug-likeness (QED) is 0.478. The molecule has 0 aromatic heterocycles. The summed E-state index contributed by atoms with van der Waals surface area (Å²) in [4.78, 5) is 24.1. The molecule has 0 N–H and O–H groups in total. The first-order valence-corrected chi connectivity index (χ1v) is 7.12. The number of Topliss-reactive ketones (excluding diaryl/α,β-unsaturated/α-hetero) is 1. The van der Waals surface area contributed by atoms with Crippen LogP contribution in [0.3, 0.4) is 0 Å². The minimum atomic E-state index is -0.559. The number of hydrogen-bond donors (Lipinski definition) is 0. The van der Waals surface area contributed by atoms with Crippen LogP contribution in [-0.4, -0.2) is 11.8 Å². The lowest BCUT2D eigenvalue weighted by Crippen LogP contribution is -2.19. The third-order valence-corrected chi connectivity index (χ3v) is 3.32. The Morgan fingerprint density at radius 1 is 0.909 bits per heavy atom. The molecule has 112 valence electrons. The number of ether oxygens (including phenoxy) is 1. The average molecular weight is 294 g/mol. The fraction of sp³-hybridized carbons (Fsp3) is 0.158. The van der Waals surface area contributed by atoms with Crippen LogP contribution in [0.2, 0.25) is 0 Å². The van der Waals surface area contributed by atoms with Crippen molar-refractivity contribution in [1.29, 1.82) is 0 Å². The molecule has 0 spiro atoms. The number of allylic oxidation sites excluding steroid dienone is 2. The van der Waals surface area contributed by atoms with Gasteiger partial charge >= 0.3 is 5.97 Å². The Morgan fingerprint density at radius 2 is 1.36 bits per heavy atom. The van der Waals surface area contributed by atoms with Crippen molar-refractivity contribution >= 4 is 11.8 Å². The Morgan fingerprint density at radius 3 is 1.73 bits per heavy atom. The van der Waals surface area contributed by atoms with Crippen LogP contribution < -0.4 is 0 Å². The molecule has 0 aliphatic rings. The molecular formula is C19H18O3. The third kappa shape index (κ3) is 3.70. The summed E-state index contributed by atoms with van der Waals surface area (Å²) in [6, 6.07) is 18.8. The molecular weight excluding hydrogens is 276 g/mol. The highest BCUT2D eigenvalue weighted by atomic mass is 16.5. The van der Waals surface area contributed by atoms with Crippen LogP contribution in [-0.2, 0) is 14.3 Å². The Labute approximate surface area is 130 Å². The van der Waals surface area contributed by atoms with E-state index >= 15 is 0 Å². The lowest BCUT2D eigenvalue weighted by atomic mass is 9.91. The molecule has 0 heterocycles. The summed E-state index contributed by atoms with van der Waals surface area (Å²) in [6.45, 7) is 3.05. The first-order chi connectivity index (χ1) is 10.6. The van der Waals surface area contributed by atoms with Gasteiger partial charge in [-0.15, -0.1) is 0 Å². The molecule has 2 aromatic rings. The Kier molecular flexibility index (Phi) is 5.26. The number of hydrogen-bond acceptors (Lipinski definition) is 3. The summed E-state index contributed by atoms with van der Waals surface area (Å²) in [5, 5.41) is 0. The van der Waals surface area contributed by atoms with E-state index in [0.29, 0.717) is 0 Å². The maximum absolute atomic E-state index is 12.6. The van der Waals surface area contributed by atoms with Gasteiger partial charge in [-0.3, -0.25) is 9.59 Å². The van der Waals surface area contributed by atoms with Crippen molar-refractivity contribution in [2.45, 2.75) is 19.8 Å². The number of carbonyl (C=O) groups is 2. The van der Waals surface area contributed by atoms with E-state index in [9.17, 15) is 9.59 Å². The highest BCUT2D eigenvalue weighted by Crippen LogP contribution is 2.26. The van der Waals surface area contributed by atoms with E-state index in [1.54, 1.807) is 6.92 Å². The van der Waals surface area contributed by atoms with Gasteiger partial charge < -0.3 is 4.74 Å². The maximum atomic E-state index is 12.6. The molecule has 3 heteroatoms. The monoisotopic (exact) mass is 294 g/mol. The molecule has 0 aliphatic heterocycles. The number of carbonyl (C=O) groups excluding carboxylic acids is 2. The molecule has 0 bridgehead atoms. The Bertz CT molecular complexity index is 633. The molecule has 0 radical (unpaired) electrons. The van der Waals surface area contributed by atoms with E-state index in [0.717, 1.165) is 11.1 Å². The fourth-order valence-electron chi connectivity index (χ4n) is 2.26. The molecule has 0 fully saturated rings. The van der Waals surface area contributed by atoms with Crippen molar-refractivity contribution in [3.05, 3.63) is 83.6 Å². The largest absolute Gasteiger partial charge is 0.422 e. The van der Waals surface area contributed by atoms with Crippen LogP contribution in [0.5, 0.6) is 0 Å². The normalized spacial score (nSPS) is 11.3. The molecule has 0 saturated heterocycles. The van der Waals surface area contributed by atoms with Gasteiger partial charge in [-0.05, 0) is 24.1 Å². The molecule has 0 unspecified atom stereocenters. The van der Waals surface area contributed by atoms with E-state index in [4.69, 9.17) is 4.74 Å². The summed E-state index contributed by atoms with van der Waals surface area (Å²) in [5.74, 6) is -1.21. The minimum Gasteiger partial charge on any atom is -0.422 e. The van der Waals surface area contributed by atoms with Crippen LogP contribution in [0.1, 0.15) is 30.9 Å². The van der Waals surface area contributed by atoms with E-state index in [2.05, 4.69) is 0 Å². The number of esters is 1. The van der Waals surface area contributed by atoms with Gasteiger partial charge in [0.25, 0.3) is 0 Å². The molecule has 0 saturated carbocycles. The van der Waals surface area contributed by atoms with Gasteiger partial charge in [-0.1, -0.05) is 60.7 Å². The summed E-state index contributed by atoms with van der Waals surface area (Å²) >= 11 is 0. The first-order valence-electron chi connectivity index (χ1n) is 7.12. The SMILES string of the molecule is C/C=C(/OC(=O)C(c1ccccc1)c1ccccc1)C(C)=O. The van der Waals surface area contributed by atoms with Crippen LogP contribution in [0.25, 0.3) is 0 Å². The van der Waals surface area contributed by atoms with Gasteiger partial charge in [0.05, 0.1) is 0 Å². The molecule has 22 heavy (non-hydrogen) atoms. The molecule has 0 atom stereocenters. The first kappa shape index (κ1) is 15.7. The fourth-order valence-corrected chi connectivity index (χ4v) is 2.26. The predicted molar refractivity (Wildman–Crippen MR) is 85.3 cm³/mol. The van der Waals surface area contributed by atoms with Crippen LogP contribution >= 0.6 is 0 Å². The highest BCUT2D eigenvalue weighted by molar-refractivity contribution is 5.95. The van der Waals surface area contributed by atoms with Gasteiger partial charge in [0, 0.05) is 6.92 Å². The topological polar surface area (TPSA) is 43.4 Å². The number of benzene rings is 2. The van der Waals surface area contributed by atoms with Gasteiger partial charge in [-0.25, -0.2) is 0 Å². The van der Waals surface area contributed by atoms with Crippen molar-refractivity contribution in [3.63, 3.8) is 0 Å². The van der Waals surface area contributed by atoms with Crippen molar-refractivity contribution in [2.24, 2.45) is 0 Å². The summed E-state index contributed by atoms with van der Waals surface area (Å²) in [6.07, 6.45) is 1.51. The zero-order chi connectivity index (χ0) is 15.9. The second kappa shape index (κ2) is 7.36. The summed E-state index contributed by atoms with van der Waals surface area (Å²) < 4.78 is 5.30. The van der Waals surface area contributed by atoms with Crippen LogP contribution in [0.4, 0.5) is 0 Å². The predicted octanol–water partition coefficient (Wildman–Crippen LogP) is 3.85. The number of ketones is 1. The molecule has 0 aliphatic carbocycles. The second-order valence-corrected chi connectivity index (χ2v) is 4.88. The summed E-state index contributed by atoms with van der Waals surface area (Å²) in [5.41, 5.74) is 1.66. The minimum absolute atomic E-state index is 0.0712. The van der Waals surface area contributed by atoms with Crippen molar-refractivity contribution < 1.29 is 14.3 Å². The second-order valence-electron chi connectivity index (χ2n) is 4.88. The lowest BCUT2D eigenvalue weighted by molar-refractivity contribution is -0.143. The van der Waals surface area contributed by atoms with E-state index in [1.807, 2.05) is 60.7 Å². The molecule has 3 nitrogen and oxygen atoms in total. The molecule has 2 rings (SSSR count). The van der Waals surface area contributed by atoms with Crippen molar-refractivity contribution in [2.75, 3.05) is 0 Å². The van der Waals surface area contributed by atoms with Gasteiger partial charge in [0.1, 0.15) is 5.92 Å². The molecule has 0 amide bonds. The maximum Gasteiger partial charge on any atom is 0.323 e. The smallest absolute Gasteiger partial charge is 0.323 e. The van der Waals surface area contributed by atoms with Crippen molar-refractivity contribution in [1.82, 2.24) is 0 Å². The lowest BCUT2D eigenvalue weighted by Gasteiger charge is -2.17. The van der Waals surface area contributed by atoms with E-state index in [1.165, 1.54) is 13.0 Å². The van der Waals surface area contributed by atoms with Gasteiger partial charge in [0.15, 0.2) is 11.5 Å². The van der Waals surface area contributed by atoms with Crippen LogP contribution in [0.15, 0.2) is 72.5 Å². The summed E-state index contributed by atoms with van der Waals surface area (Å²) in [7, 11) is 0. The number of rotatable bonds is 5. The zero-order valence-electron chi connectivity index (χ0n) is 12.7. The average Bonchev–Trinajstić information content (AvgIpc) is 2.54. The molecule has 2 aromatic carbocycles. The van der Waals surface area contributed by atoms with Crippen LogP contribution in [0, 0.1) is 0 Å².